The number of thiocarbonyl (C=S) groups is 1. The van der Waals surface area contributed by atoms with E-state index in [0.29, 0.717) is 11.5 Å². The average molecular weight is 353 g/mol. The molecule has 0 fully saturated rings. The van der Waals surface area contributed by atoms with Crippen LogP contribution in [-0.4, -0.2) is 14.8 Å². The van der Waals surface area contributed by atoms with Gasteiger partial charge >= 0.3 is 0 Å². The lowest BCUT2D eigenvalue weighted by Crippen LogP contribution is -2.13. The van der Waals surface area contributed by atoms with E-state index >= 15 is 0 Å². The predicted octanol–water partition coefficient (Wildman–Crippen LogP) is 3.05. The molecular weight excluding hydrogens is 336 g/mol. The van der Waals surface area contributed by atoms with Gasteiger partial charge in [0.05, 0.1) is 5.69 Å². The van der Waals surface area contributed by atoms with Crippen molar-refractivity contribution in [1.29, 1.82) is 0 Å². The maximum atomic E-state index is 5.77. The van der Waals surface area contributed by atoms with Gasteiger partial charge in [-0.1, -0.05) is 28.1 Å². The maximum Gasteiger partial charge on any atom is 0.106 e. The molecule has 1 aromatic heterocycles. The van der Waals surface area contributed by atoms with Gasteiger partial charge in [0, 0.05) is 40.6 Å². The second kappa shape index (κ2) is 5.93. The standard InChI is InChI=1S/C14H17BrN4S/c1-8-12(9(2)19(3)18-8)7-17-13-5-4-10(15)6-11(13)14(16)20/h4-6,17H,7H2,1-3H3,(H2,16,20). The van der Waals surface area contributed by atoms with Crippen molar-refractivity contribution in [2.75, 3.05) is 5.32 Å². The molecule has 0 atom stereocenters. The smallest absolute Gasteiger partial charge is 0.106 e. The van der Waals surface area contributed by atoms with Crippen molar-refractivity contribution in [1.82, 2.24) is 9.78 Å². The molecule has 20 heavy (non-hydrogen) atoms. The number of nitrogens with zero attached hydrogens (tertiary/aromatic N) is 2. The Labute approximate surface area is 132 Å². The topological polar surface area (TPSA) is 55.9 Å². The number of nitrogens with one attached hydrogen (secondary N) is 1. The van der Waals surface area contributed by atoms with Crippen molar-refractivity contribution in [2.45, 2.75) is 20.4 Å². The molecule has 0 radical (unpaired) electrons. The summed E-state index contributed by atoms with van der Waals surface area (Å²) in [5, 5.41) is 7.80. The van der Waals surface area contributed by atoms with Crippen LogP contribution < -0.4 is 11.1 Å². The van der Waals surface area contributed by atoms with Crippen molar-refractivity contribution in [3.63, 3.8) is 0 Å². The Morgan fingerprint density at radius 2 is 2.15 bits per heavy atom. The van der Waals surface area contributed by atoms with Gasteiger partial charge < -0.3 is 11.1 Å². The zero-order valence-corrected chi connectivity index (χ0v) is 14.1. The molecule has 0 saturated carbocycles. The number of nitrogens with two attached hydrogens (primary N) is 1. The first-order valence-electron chi connectivity index (χ1n) is 6.22. The fourth-order valence-corrected chi connectivity index (χ4v) is 2.66. The van der Waals surface area contributed by atoms with Gasteiger partial charge in [0.1, 0.15) is 4.99 Å². The molecule has 0 spiro atoms. The van der Waals surface area contributed by atoms with E-state index in [1.807, 2.05) is 36.9 Å². The summed E-state index contributed by atoms with van der Waals surface area (Å²) in [5.74, 6) is 0. The van der Waals surface area contributed by atoms with E-state index in [0.717, 1.165) is 27.1 Å². The normalized spacial score (nSPS) is 10.6. The van der Waals surface area contributed by atoms with Gasteiger partial charge in [-0.3, -0.25) is 4.68 Å². The summed E-state index contributed by atoms with van der Waals surface area (Å²) in [7, 11) is 1.95. The first-order chi connectivity index (χ1) is 9.40. The molecule has 1 aromatic carbocycles. The number of halogens is 1. The second-order valence-electron chi connectivity index (χ2n) is 4.68. The van der Waals surface area contributed by atoms with E-state index in [4.69, 9.17) is 18.0 Å². The Balaban J connectivity index is 2.25. The van der Waals surface area contributed by atoms with Gasteiger partial charge in [-0.25, -0.2) is 0 Å². The minimum absolute atomic E-state index is 0.383. The summed E-state index contributed by atoms with van der Waals surface area (Å²) >= 11 is 8.53. The van der Waals surface area contributed by atoms with Crippen LogP contribution in [0.1, 0.15) is 22.5 Å². The third kappa shape index (κ3) is 3.02. The summed E-state index contributed by atoms with van der Waals surface area (Å²) in [4.78, 5) is 0.383. The highest BCUT2D eigenvalue weighted by molar-refractivity contribution is 9.10. The average Bonchev–Trinajstić information content (AvgIpc) is 2.62. The fraction of sp³-hybridized carbons (Fsp3) is 0.286. The zero-order valence-electron chi connectivity index (χ0n) is 11.7. The molecule has 0 aliphatic rings. The summed E-state index contributed by atoms with van der Waals surface area (Å²) < 4.78 is 2.85. The minimum Gasteiger partial charge on any atom is -0.389 e. The molecule has 4 nitrogen and oxygen atoms in total. The molecule has 3 N–H and O–H groups in total. The fourth-order valence-electron chi connectivity index (χ4n) is 2.13. The Bertz CT molecular complexity index is 663. The van der Waals surface area contributed by atoms with Gasteiger partial charge in [0.15, 0.2) is 0 Å². The highest BCUT2D eigenvalue weighted by atomic mass is 79.9. The Morgan fingerprint density at radius 3 is 2.70 bits per heavy atom. The zero-order chi connectivity index (χ0) is 14.9. The van der Waals surface area contributed by atoms with Crippen molar-refractivity contribution in [2.24, 2.45) is 12.8 Å². The number of aryl methyl sites for hydroxylation is 2. The van der Waals surface area contributed by atoms with Crippen LogP contribution in [0.3, 0.4) is 0 Å². The highest BCUT2D eigenvalue weighted by Gasteiger charge is 2.11. The van der Waals surface area contributed by atoms with E-state index in [1.165, 1.54) is 5.56 Å². The Hall–Kier alpha value is -1.40. The largest absolute Gasteiger partial charge is 0.389 e. The molecule has 0 saturated heterocycles. The summed E-state index contributed by atoms with van der Waals surface area (Å²) in [6.07, 6.45) is 0. The van der Waals surface area contributed by atoms with E-state index in [9.17, 15) is 0 Å². The van der Waals surface area contributed by atoms with Crippen LogP contribution in [-0.2, 0) is 13.6 Å². The van der Waals surface area contributed by atoms with Gasteiger partial charge in [-0.15, -0.1) is 0 Å². The first kappa shape index (κ1) is 15.0. The van der Waals surface area contributed by atoms with Crippen LogP contribution >= 0.6 is 28.1 Å². The van der Waals surface area contributed by atoms with E-state index in [-0.39, 0.29) is 0 Å². The SMILES string of the molecule is Cc1nn(C)c(C)c1CNc1ccc(Br)cc1C(N)=S. The Morgan fingerprint density at radius 1 is 1.45 bits per heavy atom. The molecular formula is C14H17BrN4S. The quantitative estimate of drug-likeness (QED) is 0.830. The van der Waals surface area contributed by atoms with Crippen LogP contribution in [0, 0.1) is 13.8 Å². The molecule has 6 heteroatoms. The van der Waals surface area contributed by atoms with Crippen LogP contribution in [0.15, 0.2) is 22.7 Å². The molecule has 0 unspecified atom stereocenters. The molecule has 0 amide bonds. The molecule has 0 aliphatic heterocycles. The first-order valence-corrected chi connectivity index (χ1v) is 7.42. The van der Waals surface area contributed by atoms with E-state index < -0.39 is 0 Å². The van der Waals surface area contributed by atoms with Crippen LogP contribution in [0.4, 0.5) is 5.69 Å². The highest BCUT2D eigenvalue weighted by Crippen LogP contribution is 2.22. The minimum atomic E-state index is 0.383. The predicted molar refractivity (Wildman–Crippen MR) is 90.0 cm³/mol. The number of hydrogen-bond acceptors (Lipinski definition) is 3. The molecule has 0 bridgehead atoms. The van der Waals surface area contributed by atoms with Crippen molar-refractivity contribution >= 4 is 38.8 Å². The summed E-state index contributed by atoms with van der Waals surface area (Å²) in [6.45, 7) is 4.77. The third-order valence-electron chi connectivity index (χ3n) is 3.36. The van der Waals surface area contributed by atoms with Crippen LogP contribution in [0.5, 0.6) is 0 Å². The third-order valence-corrected chi connectivity index (χ3v) is 4.07. The lowest BCUT2D eigenvalue weighted by Gasteiger charge is -2.12. The molecule has 2 aromatic rings. The van der Waals surface area contributed by atoms with Gasteiger partial charge in [-0.05, 0) is 32.0 Å². The summed E-state index contributed by atoms with van der Waals surface area (Å²) in [5.41, 5.74) is 10.9. The molecule has 2 rings (SSSR count). The van der Waals surface area contributed by atoms with Crippen molar-refractivity contribution in [3.8, 4) is 0 Å². The van der Waals surface area contributed by atoms with E-state index in [2.05, 4.69) is 33.3 Å². The maximum absolute atomic E-state index is 5.77. The number of hydrogen-bond donors (Lipinski definition) is 2. The number of benzene rings is 1. The van der Waals surface area contributed by atoms with Crippen molar-refractivity contribution < 1.29 is 0 Å². The molecule has 0 aliphatic carbocycles. The molecule has 106 valence electrons. The molecule has 1 heterocycles. The lowest BCUT2D eigenvalue weighted by molar-refractivity contribution is 0.730. The van der Waals surface area contributed by atoms with Gasteiger partial charge in [-0.2, -0.15) is 5.10 Å². The number of anilines is 1. The lowest BCUT2D eigenvalue weighted by atomic mass is 10.1. The second-order valence-corrected chi connectivity index (χ2v) is 6.04. The van der Waals surface area contributed by atoms with Crippen LogP contribution in [0.2, 0.25) is 0 Å². The Kier molecular flexibility index (Phi) is 4.45. The number of aromatic nitrogens is 2. The van der Waals surface area contributed by atoms with E-state index in [1.54, 1.807) is 0 Å². The van der Waals surface area contributed by atoms with Gasteiger partial charge in [0.25, 0.3) is 0 Å². The number of rotatable bonds is 4. The van der Waals surface area contributed by atoms with Crippen molar-refractivity contribution in [3.05, 3.63) is 45.2 Å². The monoisotopic (exact) mass is 352 g/mol. The summed E-state index contributed by atoms with van der Waals surface area (Å²) in [6, 6.07) is 5.86. The van der Waals surface area contributed by atoms with Crippen LogP contribution in [0.25, 0.3) is 0 Å². The van der Waals surface area contributed by atoms with Gasteiger partial charge in [0.2, 0.25) is 0 Å².